The van der Waals surface area contributed by atoms with Gasteiger partial charge in [-0.05, 0) is 39.2 Å². The summed E-state index contributed by atoms with van der Waals surface area (Å²) in [6, 6.07) is 0. The molecular weight excluding hydrogens is 299 g/mol. The van der Waals surface area contributed by atoms with Gasteiger partial charge < -0.3 is 19.4 Å². The van der Waals surface area contributed by atoms with Crippen LogP contribution in [0.2, 0.25) is 0 Å². The first-order valence-electron chi connectivity index (χ1n) is 7.34. The van der Waals surface area contributed by atoms with Gasteiger partial charge in [0.05, 0.1) is 29.8 Å². The van der Waals surface area contributed by atoms with Gasteiger partial charge in [-0.2, -0.15) is 5.10 Å². The highest BCUT2D eigenvalue weighted by molar-refractivity contribution is 6.55. The Labute approximate surface area is 133 Å². The maximum Gasteiger partial charge on any atom is 0.492 e. The summed E-state index contributed by atoms with van der Waals surface area (Å²) in [6.45, 7) is 7.46. The number of aromatic amines is 2. The maximum atomic E-state index is 11.9. The van der Waals surface area contributed by atoms with Crippen LogP contribution in [-0.2, 0) is 9.31 Å². The lowest BCUT2D eigenvalue weighted by Crippen LogP contribution is -2.41. The number of rotatable bonds is 3. The first-order chi connectivity index (χ1) is 10.7. The lowest BCUT2D eigenvalue weighted by molar-refractivity contribution is 0.00578. The first kappa shape index (κ1) is 15.9. The van der Waals surface area contributed by atoms with Crippen molar-refractivity contribution in [2.45, 2.75) is 38.9 Å². The van der Waals surface area contributed by atoms with Gasteiger partial charge in [0.1, 0.15) is 5.39 Å². The summed E-state index contributed by atoms with van der Waals surface area (Å²) in [5, 5.41) is 16.8. The second kappa shape index (κ2) is 5.29. The molecule has 0 unspecified atom stereocenters. The van der Waals surface area contributed by atoms with E-state index in [0.717, 1.165) is 0 Å². The smallest absolute Gasteiger partial charge is 0.400 e. The fraction of sp³-hybridized carbons (Fsp3) is 0.500. The molecule has 2 aromatic rings. The van der Waals surface area contributed by atoms with Crippen LogP contribution in [0.4, 0.5) is 0 Å². The van der Waals surface area contributed by atoms with Crippen molar-refractivity contribution in [1.29, 1.82) is 0 Å². The molecule has 23 heavy (non-hydrogen) atoms. The fourth-order valence-corrected chi connectivity index (χ4v) is 2.36. The second-order valence-electron chi connectivity index (χ2n) is 6.53. The minimum Gasteiger partial charge on any atom is -0.400 e. The minimum atomic E-state index is -0.695. The third-order valence-corrected chi connectivity index (χ3v) is 4.45. The van der Waals surface area contributed by atoms with E-state index in [2.05, 4.69) is 20.2 Å². The zero-order valence-corrected chi connectivity index (χ0v) is 13.5. The van der Waals surface area contributed by atoms with Crippen LogP contribution < -0.4 is 5.56 Å². The van der Waals surface area contributed by atoms with E-state index < -0.39 is 18.3 Å². The van der Waals surface area contributed by atoms with Crippen LogP contribution in [0.25, 0.3) is 17.1 Å². The van der Waals surface area contributed by atoms with E-state index in [9.17, 15) is 9.90 Å². The van der Waals surface area contributed by atoms with Crippen LogP contribution in [-0.4, -0.2) is 50.2 Å². The molecular formula is C14H19BN4O4. The number of aliphatic hydroxyl groups is 1. The molecule has 0 aliphatic carbocycles. The Morgan fingerprint density at radius 2 is 2.00 bits per heavy atom. The normalized spacial score (nSPS) is 20.4. The van der Waals surface area contributed by atoms with E-state index in [1.165, 1.54) is 6.33 Å². The van der Waals surface area contributed by atoms with Gasteiger partial charge in [0.2, 0.25) is 0 Å². The second-order valence-corrected chi connectivity index (χ2v) is 6.53. The molecule has 0 bridgehead atoms. The number of nitrogens with zero attached hydrogens (tertiary/aromatic N) is 2. The number of H-pyrrole nitrogens is 2. The van der Waals surface area contributed by atoms with Crippen molar-refractivity contribution < 1.29 is 14.4 Å². The van der Waals surface area contributed by atoms with Gasteiger partial charge in [0, 0.05) is 0 Å². The number of nitrogens with one attached hydrogen (secondary N) is 2. The van der Waals surface area contributed by atoms with Crippen molar-refractivity contribution >= 4 is 24.2 Å². The van der Waals surface area contributed by atoms with Crippen molar-refractivity contribution in [2.75, 3.05) is 6.61 Å². The average Bonchev–Trinajstić information content (AvgIpc) is 2.96. The summed E-state index contributed by atoms with van der Waals surface area (Å²) in [5.74, 6) is 0. The van der Waals surface area contributed by atoms with E-state index in [1.807, 2.05) is 27.7 Å². The molecule has 2 aromatic heterocycles. The van der Waals surface area contributed by atoms with Gasteiger partial charge in [0.15, 0.2) is 5.65 Å². The summed E-state index contributed by atoms with van der Waals surface area (Å²) >= 11 is 0. The molecule has 1 saturated heterocycles. The van der Waals surface area contributed by atoms with Gasteiger partial charge in [-0.3, -0.25) is 9.89 Å². The zero-order chi connectivity index (χ0) is 16.8. The van der Waals surface area contributed by atoms with Gasteiger partial charge in [-0.1, -0.05) is 0 Å². The molecule has 3 N–H and O–H groups in total. The molecule has 3 heterocycles. The van der Waals surface area contributed by atoms with Crippen LogP contribution in [0.15, 0.2) is 16.6 Å². The van der Waals surface area contributed by atoms with Crippen LogP contribution >= 0.6 is 0 Å². The molecule has 0 radical (unpaired) electrons. The zero-order valence-electron chi connectivity index (χ0n) is 13.5. The third-order valence-electron chi connectivity index (χ3n) is 4.45. The molecule has 9 heteroatoms. The molecule has 122 valence electrons. The maximum absolute atomic E-state index is 11.9. The van der Waals surface area contributed by atoms with Crippen molar-refractivity contribution in [2.24, 2.45) is 0 Å². The monoisotopic (exact) mass is 318 g/mol. The summed E-state index contributed by atoms with van der Waals surface area (Å²) in [4.78, 5) is 18.4. The van der Waals surface area contributed by atoms with E-state index in [4.69, 9.17) is 9.31 Å². The topological polar surface area (TPSA) is 113 Å². The molecule has 0 aromatic carbocycles. The molecule has 1 aliphatic rings. The minimum absolute atomic E-state index is 0.268. The Morgan fingerprint density at radius 3 is 2.61 bits per heavy atom. The molecule has 1 aliphatic heterocycles. The summed E-state index contributed by atoms with van der Waals surface area (Å²) in [7, 11) is -0.695. The molecule has 0 atom stereocenters. The molecule has 8 nitrogen and oxygen atoms in total. The van der Waals surface area contributed by atoms with Crippen molar-refractivity contribution in [3.63, 3.8) is 0 Å². The predicted molar refractivity (Wildman–Crippen MR) is 85.7 cm³/mol. The quantitative estimate of drug-likeness (QED) is 0.716. The number of aromatic nitrogens is 4. The van der Waals surface area contributed by atoms with Crippen LogP contribution in [0.3, 0.4) is 0 Å². The molecule has 0 saturated carbocycles. The Kier molecular flexibility index (Phi) is 3.66. The first-order valence-corrected chi connectivity index (χ1v) is 7.34. The summed E-state index contributed by atoms with van der Waals surface area (Å²) < 4.78 is 11.8. The van der Waals surface area contributed by atoms with Crippen LogP contribution in [0.5, 0.6) is 0 Å². The Hall–Kier alpha value is -1.97. The highest BCUT2D eigenvalue weighted by Gasteiger charge is 2.52. The largest absolute Gasteiger partial charge is 0.492 e. The van der Waals surface area contributed by atoms with Crippen LogP contribution in [0.1, 0.15) is 33.4 Å². The molecule has 0 amide bonds. The lowest BCUT2D eigenvalue weighted by atomic mass is 9.78. The third kappa shape index (κ3) is 2.60. The Morgan fingerprint density at radius 1 is 1.35 bits per heavy atom. The van der Waals surface area contributed by atoms with Crippen molar-refractivity contribution in [3.8, 4) is 0 Å². The van der Waals surface area contributed by atoms with E-state index in [0.29, 0.717) is 22.2 Å². The van der Waals surface area contributed by atoms with Gasteiger partial charge in [-0.25, -0.2) is 4.98 Å². The van der Waals surface area contributed by atoms with Gasteiger partial charge >= 0.3 is 7.12 Å². The fourth-order valence-electron chi connectivity index (χ4n) is 2.36. The van der Waals surface area contributed by atoms with Gasteiger partial charge in [-0.15, -0.1) is 0 Å². The summed E-state index contributed by atoms with van der Waals surface area (Å²) in [6.07, 6.45) is 2.91. The van der Waals surface area contributed by atoms with Crippen molar-refractivity contribution in [3.05, 3.63) is 27.8 Å². The lowest BCUT2D eigenvalue weighted by Gasteiger charge is -2.32. The highest BCUT2D eigenvalue weighted by atomic mass is 16.7. The molecule has 0 spiro atoms. The standard InChI is InChI=1S/C14H19BN4O4/c1-13(2)14(3,4)23-15(22-13)8(6-20)5-9-10-11(19-18-9)16-7-17-12(10)21/h5,7,20H,6H2,1-4H3,(H2,16,17,18,19,21). The summed E-state index contributed by atoms with van der Waals surface area (Å²) in [5.41, 5.74) is -0.0693. The highest BCUT2D eigenvalue weighted by Crippen LogP contribution is 2.38. The number of fused-ring (bicyclic) bond motifs is 1. The van der Waals surface area contributed by atoms with Crippen molar-refractivity contribution in [1.82, 2.24) is 20.2 Å². The number of hydrogen-bond acceptors (Lipinski definition) is 6. The molecule has 3 rings (SSSR count). The Bertz CT molecular complexity index is 808. The average molecular weight is 318 g/mol. The number of hydrogen-bond donors (Lipinski definition) is 3. The van der Waals surface area contributed by atoms with E-state index >= 15 is 0 Å². The van der Waals surface area contributed by atoms with E-state index in [1.54, 1.807) is 6.08 Å². The molecule has 1 fully saturated rings. The van der Waals surface area contributed by atoms with Crippen LogP contribution in [0, 0.1) is 0 Å². The number of aliphatic hydroxyl groups excluding tert-OH is 1. The Balaban J connectivity index is 2.01. The SMILES string of the molecule is CC1(C)OB(C(=Cc2[nH]nc3nc[nH]c(=O)c23)CO)OC1(C)C. The van der Waals surface area contributed by atoms with E-state index in [-0.39, 0.29) is 12.2 Å². The van der Waals surface area contributed by atoms with Gasteiger partial charge in [0.25, 0.3) is 5.56 Å². The predicted octanol–water partition coefficient (Wildman–Crippen LogP) is 0.653.